The van der Waals surface area contributed by atoms with Gasteiger partial charge >= 0.3 is 5.97 Å². The van der Waals surface area contributed by atoms with Crippen LogP contribution in [0.25, 0.3) is 16.3 Å². The van der Waals surface area contributed by atoms with Crippen LogP contribution >= 0.6 is 22.9 Å². The summed E-state index contributed by atoms with van der Waals surface area (Å²) in [4.78, 5) is 28.8. The van der Waals surface area contributed by atoms with Gasteiger partial charge in [-0.2, -0.15) is 4.99 Å². The van der Waals surface area contributed by atoms with E-state index in [1.807, 2.05) is 28.8 Å². The minimum absolute atomic E-state index is 0.405. The first kappa shape index (κ1) is 19.8. The van der Waals surface area contributed by atoms with Gasteiger partial charge in [0.05, 0.1) is 22.9 Å². The van der Waals surface area contributed by atoms with Gasteiger partial charge in [0.25, 0.3) is 5.91 Å². The summed E-state index contributed by atoms with van der Waals surface area (Å²) in [5.74, 6) is -0.819. The number of thiazole rings is 1. The maximum Gasteiger partial charge on any atom is 0.337 e. The Bertz CT molecular complexity index is 1160. The lowest BCUT2D eigenvalue weighted by Crippen LogP contribution is -2.15. The zero-order chi connectivity index (χ0) is 20.1. The molecule has 0 atom stereocenters. The van der Waals surface area contributed by atoms with Crippen molar-refractivity contribution in [3.63, 3.8) is 0 Å². The molecule has 1 amide bonds. The van der Waals surface area contributed by atoms with Crippen molar-refractivity contribution in [2.75, 3.05) is 7.11 Å². The van der Waals surface area contributed by atoms with E-state index in [0.717, 1.165) is 15.8 Å². The van der Waals surface area contributed by atoms with E-state index >= 15 is 0 Å². The summed E-state index contributed by atoms with van der Waals surface area (Å²) in [5.41, 5.74) is 2.04. The Kier molecular flexibility index (Phi) is 6.23. The van der Waals surface area contributed by atoms with Crippen LogP contribution in [0.4, 0.5) is 0 Å². The second kappa shape index (κ2) is 8.82. The molecule has 0 aliphatic heterocycles. The number of halogens is 1. The lowest BCUT2D eigenvalue weighted by atomic mass is 10.2. The number of nitrogens with zero attached hydrogens (tertiary/aromatic N) is 2. The van der Waals surface area contributed by atoms with Crippen LogP contribution in [0.5, 0.6) is 0 Å². The summed E-state index contributed by atoms with van der Waals surface area (Å²) in [6.07, 6.45) is 4.74. The number of carbonyl (C=O) groups excluding carboxylic acids is 2. The minimum Gasteiger partial charge on any atom is -0.465 e. The Morgan fingerprint density at radius 1 is 1.29 bits per heavy atom. The highest BCUT2D eigenvalue weighted by molar-refractivity contribution is 7.16. The lowest BCUT2D eigenvalue weighted by molar-refractivity contribution is -0.113. The lowest BCUT2D eigenvalue weighted by Gasteiger charge is -2.02. The van der Waals surface area contributed by atoms with Crippen LogP contribution in [0.15, 0.2) is 66.2 Å². The van der Waals surface area contributed by atoms with E-state index in [1.165, 1.54) is 24.5 Å². The molecule has 3 rings (SSSR count). The first-order chi connectivity index (χ1) is 13.5. The number of amides is 1. The molecule has 0 N–H and O–H groups in total. The van der Waals surface area contributed by atoms with E-state index in [1.54, 1.807) is 30.4 Å². The predicted octanol–water partition coefficient (Wildman–Crippen LogP) is 4.47. The molecule has 0 aliphatic rings. The van der Waals surface area contributed by atoms with E-state index in [-0.39, 0.29) is 0 Å². The monoisotopic (exact) mass is 412 g/mol. The van der Waals surface area contributed by atoms with Gasteiger partial charge in [0.1, 0.15) is 0 Å². The van der Waals surface area contributed by atoms with Crippen LogP contribution in [0.2, 0.25) is 5.02 Å². The molecule has 0 aliphatic carbocycles. The number of methoxy groups -OCH3 is 1. The molecule has 0 fully saturated rings. The van der Waals surface area contributed by atoms with Gasteiger partial charge in [-0.1, -0.05) is 47.2 Å². The van der Waals surface area contributed by atoms with Gasteiger partial charge < -0.3 is 9.30 Å². The predicted molar refractivity (Wildman–Crippen MR) is 112 cm³/mol. The van der Waals surface area contributed by atoms with Crippen LogP contribution in [-0.2, 0) is 16.1 Å². The molecule has 0 bridgehead atoms. The molecule has 2 aromatic carbocycles. The van der Waals surface area contributed by atoms with E-state index in [2.05, 4.69) is 11.6 Å². The highest BCUT2D eigenvalue weighted by atomic mass is 35.5. The van der Waals surface area contributed by atoms with Gasteiger partial charge in [0.15, 0.2) is 4.80 Å². The molecular formula is C21H17ClN2O3S. The molecule has 28 heavy (non-hydrogen) atoms. The smallest absolute Gasteiger partial charge is 0.337 e. The number of carbonyl (C=O) groups is 2. The molecular weight excluding hydrogens is 396 g/mol. The van der Waals surface area contributed by atoms with Crippen molar-refractivity contribution >= 4 is 51.1 Å². The largest absolute Gasteiger partial charge is 0.465 e. The number of aromatic nitrogens is 1. The van der Waals surface area contributed by atoms with Crippen molar-refractivity contribution in [2.45, 2.75) is 6.54 Å². The summed E-state index contributed by atoms with van der Waals surface area (Å²) in [5, 5.41) is 0.561. The number of hydrogen-bond donors (Lipinski definition) is 0. The highest BCUT2D eigenvalue weighted by Crippen LogP contribution is 2.20. The van der Waals surface area contributed by atoms with Crippen molar-refractivity contribution in [1.29, 1.82) is 0 Å². The van der Waals surface area contributed by atoms with Gasteiger partial charge in [-0.25, -0.2) is 4.79 Å². The fraction of sp³-hybridized carbons (Fsp3) is 0.0952. The summed E-state index contributed by atoms with van der Waals surface area (Å²) in [6, 6.07) is 12.5. The van der Waals surface area contributed by atoms with Crippen molar-refractivity contribution in [3.05, 3.63) is 82.1 Å². The quantitative estimate of drug-likeness (QED) is 0.353. The number of hydrogen-bond acceptors (Lipinski definition) is 4. The van der Waals surface area contributed by atoms with Crippen molar-refractivity contribution in [2.24, 2.45) is 4.99 Å². The Morgan fingerprint density at radius 3 is 2.79 bits per heavy atom. The number of benzene rings is 2. The van der Waals surface area contributed by atoms with Crippen molar-refractivity contribution in [3.8, 4) is 0 Å². The molecule has 1 heterocycles. The van der Waals surface area contributed by atoms with Crippen LogP contribution < -0.4 is 4.80 Å². The topological polar surface area (TPSA) is 60.7 Å². The second-order valence-electron chi connectivity index (χ2n) is 5.76. The van der Waals surface area contributed by atoms with Gasteiger partial charge in [-0.3, -0.25) is 4.79 Å². The van der Waals surface area contributed by atoms with Crippen molar-refractivity contribution in [1.82, 2.24) is 4.57 Å². The van der Waals surface area contributed by atoms with Crippen LogP contribution in [0, 0.1) is 0 Å². The average molecular weight is 413 g/mol. The number of rotatable bonds is 5. The molecule has 3 aromatic rings. The van der Waals surface area contributed by atoms with E-state index < -0.39 is 11.9 Å². The zero-order valence-electron chi connectivity index (χ0n) is 15.1. The second-order valence-corrected chi connectivity index (χ2v) is 7.18. The molecule has 7 heteroatoms. The third-order valence-corrected chi connectivity index (χ3v) is 5.32. The van der Waals surface area contributed by atoms with Crippen molar-refractivity contribution < 1.29 is 14.3 Å². The first-order valence-electron chi connectivity index (χ1n) is 8.37. The molecule has 1 aromatic heterocycles. The van der Waals surface area contributed by atoms with Gasteiger partial charge in [0.2, 0.25) is 0 Å². The average Bonchev–Trinajstić information content (AvgIpc) is 3.03. The molecule has 0 unspecified atom stereocenters. The summed E-state index contributed by atoms with van der Waals surface area (Å²) >= 11 is 7.42. The third kappa shape index (κ3) is 4.30. The van der Waals surface area contributed by atoms with Gasteiger partial charge in [-0.05, 0) is 35.9 Å². The Morgan fingerprint density at radius 2 is 2.07 bits per heavy atom. The highest BCUT2D eigenvalue weighted by Gasteiger charge is 2.11. The molecule has 0 radical (unpaired) electrons. The normalized spacial score (nSPS) is 11.9. The molecule has 0 saturated carbocycles. The van der Waals surface area contributed by atoms with Gasteiger partial charge in [0, 0.05) is 17.6 Å². The molecule has 0 saturated heterocycles. The Balaban J connectivity index is 2.01. The Labute approximate surface area is 170 Å². The van der Waals surface area contributed by atoms with Crippen LogP contribution in [0.1, 0.15) is 15.9 Å². The first-order valence-corrected chi connectivity index (χ1v) is 9.57. The van der Waals surface area contributed by atoms with E-state index in [4.69, 9.17) is 16.3 Å². The minimum atomic E-state index is -0.414. The Hall–Kier alpha value is -2.96. The fourth-order valence-electron chi connectivity index (χ4n) is 2.61. The van der Waals surface area contributed by atoms with Crippen LogP contribution in [-0.4, -0.2) is 23.6 Å². The summed E-state index contributed by atoms with van der Waals surface area (Å²) in [7, 11) is 1.34. The van der Waals surface area contributed by atoms with E-state index in [9.17, 15) is 9.59 Å². The summed E-state index contributed by atoms with van der Waals surface area (Å²) in [6.45, 7) is 4.25. The summed E-state index contributed by atoms with van der Waals surface area (Å²) < 4.78 is 7.46. The molecule has 5 nitrogen and oxygen atoms in total. The zero-order valence-corrected chi connectivity index (χ0v) is 16.7. The SMILES string of the molecule is C=CCn1c(=NC(=O)C=Cc2ccccc2Cl)sc2cc(C(=O)OC)ccc21. The molecule has 142 valence electrons. The number of ether oxygens (including phenoxy) is 1. The number of allylic oxidation sites excluding steroid dienone is 1. The van der Waals surface area contributed by atoms with Gasteiger partial charge in [-0.15, -0.1) is 6.58 Å². The standard InChI is InChI=1S/C21H17ClN2O3S/c1-3-12-24-17-10-8-15(20(26)27-2)13-18(17)28-21(24)23-19(25)11-9-14-6-4-5-7-16(14)22/h3-11,13H,1,12H2,2H3. The van der Waals surface area contributed by atoms with Crippen LogP contribution in [0.3, 0.4) is 0 Å². The number of fused-ring (bicyclic) bond motifs is 1. The molecule has 0 spiro atoms. The number of esters is 1. The van der Waals surface area contributed by atoms with E-state index in [0.29, 0.717) is 21.9 Å². The fourth-order valence-corrected chi connectivity index (χ4v) is 3.89. The maximum atomic E-state index is 12.3. The maximum absolute atomic E-state index is 12.3. The third-order valence-electron chi connectivity index (χ3n) is 3.93.